The number of ketones is 1. The van der Waals surface area contributed by atoms with Crippen molar-refractivity contribution in [2.75, 3.05) is 28.4 Å². The molecular formula is C24H28O7P+. The Labute approximate surface area is 188 Å². The van der Waals surface area contributed by atoms with Crippen LogP contribution in [0.4, 0.5) is 0 Å². The lowest BCUT2D eigenvalue weighted by atomic mass is 9.82. The minimum absolute atomic E-state index is 0.0954. The molecule has 1 saturated carbocycles. The summed E-state index contributed by atoms with van der Waals surface area (Å²) >= 11 is 0. The zero-order valence-electron chi connectivity index (χ0n) is 18.8. The predicted octanol–water partition coefficient (Wildman–Crippen LogP) is 5.27. The number of hydrogen-bond donors (Lipinski definition) is 0. The van der Waals surface area contributed by atoms with Gasteiger partial charge in [0.05, 0.1) is 34.0 Å². The molecule has 170 valence electrons. The van der Waals surface area contributed by atoms with Gasteiger partial charge in [0.25, 0.3) is 0 Å². The summed E-state index contributed by atoms with van der Waals surface area (Å²) in [5.74, 6) is 1.04. The fraction of sp³-hybridized carbons (Fsp3) is 0.417. The van der Waals surface area contributed by atoms with Crippen molar-refractivity contribution in [2.45, 2.75) is 37.3 Å². The zero-order chi connectivity index (χ0) is 23.3. The number of benzene rings is 2. The first-order valence-electron chi connectivity index (χ1n) is 10.4. The zero-order valence-corrected chi connectivity index (χ0v) is 19.7. The van der Waals surface area contributed by atoms with E-state index >= 15 is 0 Å². The molecule has 3 rings (SSSR count). The van der Waals surface area contributed by atoms with Crippen molar-refractivity contribution in [2.24, 2.45) is 0 Å². The molecule has 0 radical (unpaired) electrons. The Morgan fingerprint density at radius 2 is 1.41 bits per heavy atom. The van der Waals surface area contributed by atoms with Crippen LogP contribution in [0.15, 0.2) is 36.4 Å². The van der Waals surface area contributed by atoms with E-state index in [-0.39, 0.29) is 22.8 Å². The van der Waals surface area contributed by atoms with Gasteiger partial charge < -0.3 is 18.9 Å². The first-order valence-corrected chi connectivity index (χ1v) is 11.7. The number of carbonyl (C=O) groups is 2. The van der Waals surface area contributed by atoms with Gasteiger partial charge in [0.2, 0.25) is 10.9 Å². The molecule has 8 heteroatoms. The highest BCUT2D eigenvalue weighted by molar-refractivity contribution is 7.67. The van der Waals surface area contributed by atoms with Crippen LogP contribution in [0.3, 0.4) is 0 Å². The van der Waals surface area contributed by atoms with E-state index in [0.29, 0.717) is 42.7 Å². The molecule has 7 nitrogen and oxygen atoms in total. The lowest BCUT2D eigenvalue weighted by Crippen LogP contribution is -2.39. The van der Waals surface area contributed by atoms with E-state index in [2.05, 4.69) is 0 Å². The third-order valence-electron chi connectivity index (χ3n) is 5.97. The number of Topliss-reactive ketones (excluding diaryl/α,β-unsaturated/α-hetero) is 1. The van der Waals surface area contributed by atoms with E-state index in [1.807, 2.05) is 0 Å². The van der Waals surface area contributed by atoms with Crippen molar-refractivity contribution in [3.8, 4) is 23.0 Å². The van der Waals surface area contributed by atoms with Gasteiger partial charge in [0.1, 0.15) is 23.0 Å². The van der Waals surface area contributed by atoms with Gasteiger partial charge in [-0.3, -0.25) is 4.79 Å². The number of rotatable bonds is 9. The van der Waals surface area contributed by atoms with Gasteiger partial charge in [-0.2, -0.15) is 0 Å². The van der Waals surface area contributed by atoms with Crippen LogP contribution in [0.25, 0.3) is 0 Å². The summed E-state index contributed by atoms with van der Waals surface area (Å²) in [4.78, 5) is 27.4. The number of methoxy groups -OCH3 is 4. The molecule has 2 aromatic rings. The maximum atomic E-state index is 13.9. The molecule has 1 aliphatic rings. The Morgan fingerprint density at radius 3 is 1.94 bits per heavy atom. The highest BCUT2D eigenvalue weighted by Crippen LogP contribution is 2.54. The summed E-state index contributed by atoms with van der Waals surface area (Å²) in [6.07, 6.45) is 3.06. The highest BCUT2D eigenvalue weighted by atomic mass is 31.1. The Balaban J connectivity index is 2.10. The summed E-state index contributed by atoms with van der Waals surface area (Å²) in [5, 5.41) is -1.32. The van der Waals surface area contributed by atoms with E-state index in [0.717, 1.165) is 6.42 Å². The summed E-state index contributed by atoms with van der Waals surface area (Å²) < 4.78 is 35.2. The summed E-state index contributed by atoms with van der Waals surface area (Å²) in [7, 11) is 3.21. The molecule has 1 fully saturated rings. The van der Waals surface area contributed by atoms with Crippen LogP contribution in [0.2, 0.25) is 0 Å². The van der Waals surface area contributed by atoms with Gasteiger partial charge in [-0.25, -0.2) is 4.79 Å². The minimum Gasteiger partial charge on any atom is -0.497 e. The first-order chi connectivity index (χ1) is 15.4. The number of carbonyl (C=O) groups excluding carboxylic acids is 2. The molecule has 1 atom stereocenters. The number of hydrogen-bond acceptors (Lipinski definition) is 7. The number of ether oxygens (including phenoxy) is 4. The molecule has 0 saturated heterocycles. The Morgan fingerprint density at radius 1 is 0.812 bits per heavy atom. The van der Waals surface area contributed by atoms with E-state index < -0.39 is 18.5 Å². The van der Waals surface area contributed by atoms with E-state index in [1.165, 1.54) is 28.4 Å². The topological polar surface area (TPSA) is 88.1 Å². The second-order valence-electron chi connectivity index (χ2n) is 7.62. The van der Waals surface area contributed by atoms with Gasteiger partial charge in [-0.05, 0) is 37.1 Å². The van der Waals surface area contributed by atoms with E-state index in [4.69, 9.17) is 18.9 Å². The smallest absolute Gasteiger partial charge is 0.434 e. The van der Waals surface area contributed by atoms with Crippen LogP contribution in [0.5, 0.6) is 23.0 Å². The summed E-state index contributed by atoms with van der Waals surface area (Å²) in [5.41, 5.74) is -0.256. The molecule has 1 aliphatic carbocycles. The molecule has 0 spiro atoms. The van der Waals surface area contributed by atoms with Crippen LogP contribution < -0.4 is 18.9 Å². The monoisotopic (exact) mass is 459 g/mol. The van der Waals surface area contributed by atoms with Crippen molar-refractivity contribution in [1.29, 1.82) is 0 Å². The quantitative estimate of drug-likeness (QED) is 0.373. The molecule has 1 unspecified atom stereocenters. The average molecular weight is 459 g/mol. The fourth-order valence-electron chi connectivity index (χ4n) is 4.25. The first kappa shape index (κ1) is 23.7. The van der Waals surface area contributed by atoms with Gasteiger partial charge in [0, 0.05) is 18.9 Å². The lowest BCUT2D eigenvalue weighted by Gasteiger charge is -2.27. The van der Waals surface area contributed by atoms with E-state index in [1.54, 1.807) is 36.4 Å². The third-order valence-corrected chi connectivity index (χ3v) is 7.99. The van der Waals surface area contributed by atoms with Gasteiger partial charge in [0.15, 0.2) is 5.56 Å². The summed E-state index contributed by atoms with van der Waals surface area (Å²) in [6, 6.07) is 9.78. The standard InChI is InChI=1S/C24H28O7P/c1-28-16-11-12-17(20(15-16)31-4)22(25)24(13-6-5-7-14-24)32(27)23(26)21-18(29-2)9-8-10-19(21)30-3/h8-12,15H,5-7,13-14H2,1-4H3/q+1. The van der Waals surface area contributed by atoms with E-state index in [9.17, 15) is 14.2 Å². The van der Waals surface area contributed by atoms with Crippen molar-refractivity contribution in [3.05, 3.63) is 47.5 Å². The molecule has 0 heterocycles. The van der Waals surface area contributed by atoms with Crippen LogP contribution in [0.1, 0.15) is 52.8 Å². The van der Waals surface area contributed by atoms with Gasteiger partial charge in [-0.15, -0.1) is 0 Å². The average Bonchev–Trinajstić information content (AvgIpc) is 2.86. The maximum Gasteiger partial charge on any atom is 0.434 e. The molecule has 0 aromatic heterocycles. The predicted molar refractivity (Wildman–Crippen MR) is 121 cm³/mol. The fourth-order valence-corrected chi connectivity index (χ4v) is 6.09. The van der Waals surface area contributed by atoms with Crippen molar-refractivity contribution >= 4 is 19.1 Å². The lowest BCUT2D eigenvalue weighted by molar-refractivity contribution is 0.0900. The van der Waals surface area contributed by atoms with Crippen LogP contribution in [0, 0.1) is 0 Å². The molecule has 0 N–H and O–H groups in total. The highest BCUT2D eigenvalue weighted by Gasteiger charge is 2.61. The Kier molecular flexibility index (Phi) is 7.52. The van der Waals surface area contributed by atoms with Gasteiger partial charge >= 0.3 is 13.3 Å². The van der Waals surface area contributed by atoms with Crippen LogP contribution in [-0.2, 0) is 4.57 Å². The van der Waals surface area contributed by atoms with Crippen molar-refractivity contribution < 1.29 is 33.1 Å². The molecule has 0 aliphatic heterocycles. The SMILES string of the molecule is COc1ccc(C(=O)C2([P+](=O)C(=O)c3c(OC)cccc3OC)CCCCC2)c(OC)c1. The Bertz CT molecular complexity index is 1000. The largest absolute Gasteiger partial charge is 0.497 e. The molecule has 32 heavy (non-hydrogen) atoms. The minimum atomic E-state index is -2.64. The summed E-state index contributed by atoms with van der Waals surface area (Å²) in [6.45, 7) is 0. The molecule has 2 aromatic carbocycles. The molecule has 0 amide bonds. The van der Waals surface area contributed by atoms with Crippen molar-refractivity contribution in [1.82, 2.24) is 0 Å². The van der Waals surface area contributed by atoms with Crippen molar-refractivity contribution in [3.63, 3.8) is 0 Å². The second kappa shape index (κ2) is 10.1. The molecule has 0 bridgehead atoms. The second-order valence-corrected chi connectivity index (χ2v) is 9.48. The van der Waals surface area contributed by atoms with Gasteiger partial charge in [-0.1, -0.05) is 17.1 Å². The van der Waals surface area contributed by atoms with Crippen LogP contribution in [-0.4, -0.2) is 44.9 Å². The normalized spacial score (nSPS) is 15.4. The van der Waals surface area contributed by atoms with Crippen LogP contribution >= 0.6 is 7.80 Å². The third kappa shape index (κ3) is 4.22. The molecular weight excluding hydrogens is 431 g/mol. The maximum absolute atomic E-state index is 13.9. The Hall–Kier alpha value is -2.92.